The van der Waals surface area contributed by atoms with Gasteiger partial charge in [0.2, 0.25) is 0 Å². The van der Waals surface area contributed by atoms with Crippen molar-refractivity contribution >= 4 is 11.4 Å². The molecule has 4 atom stereocenters. The van der Waals surface area contributed by atoms with Gasteiger partial charge in [0, 0.05) is 11.8 Å². The Morgan fingerprint density at radius 2 is 1.82 bits per heavy atom. The van der Waals surface area contributed by atoms with Gasteiger partial charge in [-0.25, -0.2) is 0 Å². The highest BCUT2D eigenvalue weighted by Crippen LogP contribution is 2.54. The minimum atomic E-state index is -0.0654. The lowest BCUT2D eigenvalue weighted by Gasteiger charge is -2.40. The van der Waals surface area contributed by atoms with E-state index in [9.17, 15) is 9.90 Å². The normalized spacial score (nSPS) is 32.5. The van der Waals surface area contributed by atoms with Gasteiger partial charge >= 0.3 is 0 Å². The standard InChI is InChI=1S/C19H20O3/c1-10-3-8-13(22-2)9-14(10)17-18(20)15-11-4-5-12(7-6-11)16(15)19(17)21/h3-5,8-9,11-12,15-16,20H,6-7H2,1-2H3. The first kappa shape index (κ1) is 13.6. The van der Waals surface area contributed by atoms with E-state index in [-0.39, 0.29) is 23.5 Å². The average Bonchev–Trinajstić information content (AvgIpc) is 2.83. The summed E-state index contributed by atoms with van der Waals surface area (Å²) in [7, 11) is 1.61. The van der Waals surface area contributed by atoms with Gasteiger partial charge in [0.25, 0.3) is 0 Å². The summed E-state index contributed by atoms with van der Waals surface area (Å²) >= 11 is 0. The zero-order valence-electron chi connectivity index (χ0n) is 12.9. The van der Waals surface area contributed by atoms with E-state index < -0.39 is 0 Å². The van der Waals surface area contributed by atoms with Crippen LogP contribution in [0.3, 0.4) is 0 Å². The Morgan fingerprint density at radius 1 is 1.14 bits per heavy atom. The largest absolute Gasteiger partial charge is 0.511 e. The second-order valence-electron chi connectivity index (χ2n) is 6.65. The number of carbonyl (C=O) groups excluding carboxylic acids is 1. The highest BCUT2D eigenvalue weighted by molar-refractivity contribution is 6.25. The van der Waals surface area contributed by atoms with Crippen molar-refractivity contribution in [2.75, 3.05) is 7.11 Å². The van der Waals surface area contributed by atoms with E-state index in [1.807, 2.05) is 25.1 Å². The molecule has 1 aromatic carbocycles. The summed E-state index contributed by atoms with van der Waals surface area (Å²) in [6, 6.07) is 5.69. The van der Waals surface area contributed by atoms with E-state index >= 15 is 0 Å². The Balaban J connectivity index is 1.84. The minimum Gasteiger partial charge on any atom is -0.511 e. The Bertz CT molecular complexity index is 713. The Labute approximate surface area is 130 Å². The van der Waals surface area contributed by atoms with E-state index in [0.717, 1.165) is 24.0 Å². The first-order chi connectivity index (χ1) is 10.6. The van der Waals surface area contributed by atoms with Gasteiger partial charge in [-0.05, 0) is 54.9 Å². The molecular weight excluding hydrogens is 276 g/mol. The Kier molecular flexibility index (Phi) is 2.93. The van der Waals surface area contributed by atoms with Crippen LogP contribution in [0.2, 0.25) is 0 Å². The van der Waals surface area contributed by atoms with Gasteiger partial charge in [-0.2, -0.15) is 0 Å². The van der Waals surface area contributed by atoms with E-state index in [4.69, 9.17) is 4.74 Å². The first-order valence-electron chi connectivity index (χ1n) is 7.92. The SMILES string of the molecule is COc1ccc(C)c(C2=C(O)C3C4C=CC(CC4)C3C2=O)c1. The molecule has 4 aliphatic rings. The molecule has 0 aliphatic heterocycles. The molecule has 0 spiro atoms. The molecule has 0 aromatic heterocycles. The van der Waals surface area contributed by atoms with Crippen molar-refractivity contribution in [2.24, 2.45) is 23.7 Å². The number of Topliss-reactive ketones (excluding diaryl/α,β-unsaturated/α-hetero) is 1. The molecular formula is C19H20O3. The van der Waals surface area contributed by atoms with Crippen molar-refractivity contribution in [2.45, 2.75) is 19.8 Å². The number of methoxy groups -OCH3 is 1. The number of hydrogen-bond acceptors (Lipinski definition) is 3. The first-order valence-corrected chi connectivity index (χ1v) is 7.92. The number of rotatable bonds is 2. The van der Waals surface area contributed by atoms with Crippen LogP contribution < -0.4 is 4.74 Å². The molecule has 1 N–H and O–H groups in total. The highest BCUT2D eigenvalue weighted by atomic mass is 16.5. The summed E-state index contributed by atoms with van der Waals surface area (Å²) in [5.74, 6) is 1.63. The van der Waals surface area contributed by atoms with Crippen molar-refractivity contribution in [3.05, 3.63) is 47.2 Å². The fourth-order valence-electron chi connectivity index (χ4n) is 4.45. The van der Waals surface area contributed by atoms with Crippen LogP contribution in [0.15, 0.2) is 36.1 Å². The number of aryl methyl sites for hydroxylation is 1. The average molecular weight is 296 g/mol. The zero-order chi connectivity index (χ0) is 15.4. The van der Waals surface area contributed by atoms with Crippen LogP contribution in [0.4, 0.5) is 0 Å². The van der Waals surface area contributed by atoms with Crippen molar-refractivity contribution in [3.8, 4) is 5.75 Å². The molecule has 1 saturated carbocycles. The van der Waals surface area contributed by atoms with E-state index in [1.54, 1.807) is 7.11 Å². The van der Waals surface area contributed by atoms with Crippen LogP contribution in [-0.2, 0) is 4.79 Å². The van der Waals surface area contributed by atoms with Crippen LogP contribution in [0, 0.1) is 30.6 Å². The molecule has 1 aromatic rings. The van der Waals surface area contributed by atoms with Gasteiger partial charge in [-0.1, -0.05) is 18.2 Å². The second-order valence-corrected chi connectivity index (χ2v) is 6.65. The molecule has 0 heterocycles. The van der Waals surface area contributed by atoms with Gasteiger partial charge in [0.15, 0.2) is 5.78 Å². The minimum absolute atomic E-state index is 0.0168. The molecule has 114 valence electrons. The zero-order valence-corrected chi connectivity index (χ0v) is 12.9. The van der Waals surface area contributed by atoms with Gasteiger partial charge in [-0.3, -0.25) is 4.79 Å². The number of hydrogen-bond donors (Lipinski definition) is 1. The van der Waals surface area contributed by atoms with Crippen molar-refractivity contribution < 1.29 is 14.6 Å². The third-order valence-electron chi connectivity index (χ3n) is 5.58. The third-order valence-corrected chi connectivity index (χ3v) is 5.58. The van der Waals surface area contributed by atoms with Crippen LogP contribution >= 0.6 is 0 Å². The molecule has 0 saturated heterocycles. The van der Waals surface area contributed by atoms with Crippen molar-refractivity contribution in [1.29, 1.82) is 0 Å². The summed E-state index contributed by atoms with van der Waals surface area (Å²) in [5.41, 5.74) is 2.33. The molecule has 1 fully saturated rings. The number of carbonyl (C=O) groups is 1. The van der Waals surface area contributed by atoms with Crippen LogP contribution in [0.1, 0.15) is 24.0 Å². The highest BCUT2D eigenvalue weighted by Gasteiger charge is 2.52. The number of ketones is 1. The van der Waals surface area contributed by atoms with E-state index in [0.29, 0.717) is 23.0 Å². The van der Waals surface area contributed by atoms with Gasteiger partial charge < -0.3 is 9.84 Å². The van der Waals surface area contributed by atoms with E-state index in [1.165, 1.54) is 0 Å². The number of aliphatic hydroxyl groups excluding tert-OH is 1. The summed E-state index contributed by atoms with van der Waals surface area (Å²) in [5, 5.41) is 10.8. The van der Waals surface area contributed by atoms with Gasteiger partial charge in [0.05, 0.1) is 12.7 Å². The summed E-state index contributed by atoms with van der Waals surface area (Å²) in [6.45, 7) is 1.97. The van der Waals surface area contributed by atoms with Crippen LogP contribution in [0.25, 0.3) is 5.57 Å². The lowest BCUT2D eigenvalue weighted by atomic mass is 9.63. The number of allylic oxidation sites excluding steroid dienone is 4. The molecule has 4 aliphatic carbocycles. The monoisotopic (exact) mass is 296 g/mol. The topological polar surface area (TPSA) is 46.5 Å². The maximum absolute atomic E-state index is 13.0. The third kappa shape index (κ3) is 1.71. The molecule has 0 amide bonds. The van der Waals surface area contributed by atoms with Gasteiger partial charge in [-0.15, -0.1) is 0 Å². The van der Waals surface area contributed by atoms with Crippen molar-refractivity contribution in [1.82, 2.24) is 0 Å². The summed E-state index contributed by atoms with van der Waals surface area (Å²) in [6.07, 6.45) is 6.51. The summed E-state index contributed by atoms with van der Waals surface area (Å²) in [4.78, 5) is 13.0. The van der Waals surface area contributed by atoms with E-state index in [2.05, 4.69) is 12.2 Å². The van der Waals surface area contributed by atoms with Crippen LogP contribution in [-0.4, -0.2) is 18.0 Å². The molecule has 0 radical (unpaired) electrons. The quantitative estimate of drug-likeness (QED) is 0.847. The summed E-state index contributed by atoms with van der Waals surface area (Å²) < 4.78 is 5.29. The van der Waals surface area contributed by atoms with Crippen molar-refractivity contribution in [3.63, 3.8) is 0 Å². The molecule has 22 heavy (non-hydrogen) atoms. The van der Waals surface area contributed by atoms with Crippen LogP contribution in [0.5, 0.6) is 5.75 Å². The molecule has 3 nitrogen and oxygen atoms in total. The fourth-order valence-corrected chi connectivity index (χ4v) is 4.45. The fraction of sp³-hybridized carbons (Fsp3) is 0.421. The predicted molar refractivity (Wildman–Crippen MR) is 84.6 cm³/mol. The molecule has 5 rings (SSSR count). The number of fused-ring (bicyclic) bond motifs is 1. The number of benzene rings is 1. The predicted octanol–water partition coefficient (Wildman–Crippen LogP) is 3.68. The smallest absolute Gasteiger partial charge is 0.171 e. The Morgan fingerprint density at radius 3 is 2.41 bits per heavy atom. The number of ether oxygens (including phenoxy) is 1. The maximum atomic E-state index is 13.0. The maximum Gasteiger partial charge on any atom is 0.171 e. The molecule has 4 unspecified atom stereocenters. The Hall–Kier alpha value is -2.03. The van der Waals surface area contributed by atoms with Gasteiger partial charge in [0.1, 0.15) is 11.5 Å². The molecule has 3 heteroatoms. The molecule has 2 bridgehead atoms. The lowest BCUT2D eigenvalue weighted by molar-refractivity contribution is -0.120. The second kappa shape index (κ2) is 4.73. The number of aliphatic hydroxyl groups is 1. The lowest BCUT2D eigenvalue weighted by Crippen LogP contribution is -2.38.